The van der Waals surface area contributed by atoms with E-state index in [9.17, 15) is 14.0 Å². The molecule has 0 atom stereocenters. The number of aromatic nitrogens is 1. The predicted octanol–water partition coefficient (Wildman–Crippen LogP) is 4.68. The summed E-state index contributed by atoms with van der Waals surface area (Å²) in [5.41, 5.74) is 3.56. The van der Waals surface area contributed by atoms with E-state index in [1.54, 1.807) is 47.0 Å². The van der Waals surface area contributed by atoms with E-state index in [1.807, 2.05) is 35.8 Å². The third kappa shape index (κ3) is 4.59. The van der Waals surface area contributed by atoms with E-state index in [0.29, 0.717) is 42.5 Å². The fourth-order valence-electron chi connectivity index (χ4n) is 4.16. The van der Waals surface area contributed by atoms with Crippen LogP contribution in [0, 0.1) is 12.7 Å². The van der Waals surface area contributed by atoms with E-state index >= 15 is 0 Å². The van der Waals surface area contributed by atoms with Crippen LogP contribution in [0.3, 0.4) is 0 Å². The molecule has 2 aromatic carbocycles. The van der Waals surface area contributed by atoms with Crippen molar-refractivity contribution < 1.29 is 14.0 Å². The SMILES string of the molecule is Cc1c(C(=O)N2CCN(C(=O)N(C)C)CC2)cc(-c2ccc(Cl)cc2)n1-c1cccc(F)c1. The Kier molecular flexibility index (Phi) is 6.42. The second-order valence-corrected chi connectivity index (χ2v) is 8.74. The smallest absolute Gasteiger partial charge is 0.319 e. The maximum absolute atomic E-state index is 14.0. The van der Waals surface area contributed by atoms with Crippen LogP contribution in [0.5, 0.6) is 0 Å². The Labute approximate surface area is 197 Å². The molecule has 1 aliphatic heterocycles. The highest BCUT2D eigenvalue weighted by atomic mass is 35.5. The van der Waals surface area contributed by atoms with Crippen LogP contribution in [-0.2, 0) is 0 Å². The van der Waals surface area contributed by atoms with Gasteiger partial charge in [-0.2, -0.15) is 0 Å². The Balaban J connectivity index is 1.69. The molecule has 0 spiro atoms. The monoisotopic (exact) mass is 468 g/mol. The molecular weight excluding hydrogens is 443 g/mol. The molecule has 0 radical (unpaired) electrons. The summed E-state index contributed by atoms with van der Waals surface area (Å²) in [7, 11) is 3.44. The third-order valence-electron chi connectivity index (χ3n) is 5.90. The number of hydrogen-bond donors (Lipinski definition) is 0. The lowest BCUT2D eigenvalue weighted by Crippen LogP contribution is -2.52. The molecule has 1 saturated heterocycles. The average molecular weight is 469 g/mol. The maximum atomic E-state index is 14.0. The molecule has 2 heterocycles. The molecule has 3 amide bonds. The van der Waals surface area contributed by atoms with Gasteiger partial charge in [-0.3, -0.25) is 4.79 Å². The normalized spacial score (nSPS) is 13.8. The first-order chi connectivity index (χ1) is 15.8. The first-order valence-corrected chi connectivity index (χ1v) is 11.1. The number of amides is 3. The lowest BCUT2D eigenvalue weighted by atomic mass is 10.1. The summed E-state index contributed by atoms with van der Waals surface area (Å²) in [5, 5.41) is 0.612. The van der Waals surface area contributed by atoms with Crippen LogP contribution >= 0.6 is 11.6 Å². The summed E-state index contributed by atoms with van der Waals surface area (Å²) in [4.78, 5) is 30.8. The summed E-state index contributed by atoms with van der Waals surface area (Å²) < 4.78 is 15.9. The van der Waals surface area contributed by atoms with E-state index in [2.05, 4.69) is 0 Å². The summed E-state index contributed by atoms with van der Waals surface area (Å²) in [6.45, 7) is 3.74. The van der Waals surface area contributed by atoms with Crippen LogP contribution in [0.4, 0.5) is 9.18 Å². The van der Waals surface area contributed by atoms with Crippen molar-refractivity contribution in [2.45, 2.75) is 6.92 Å². The lowest BCUT2D eigenvalue weighted by Gasteiger charge is -2.36. The predicted molar refractivity (Wildman–Crippen MR) is 127 cm³/mol. The summed E-state index contributed by atoms with van der Waals surface area (Å²) in [6, 6.07) is 15.4. The Bertz CT molecular complexity index is 1180. The number of halogens is 2. The highest BCUT2D eigenvalue weighted by Crippen LogP contribution is 2.31. The van der Waals surface area contributed by atoms with E-state index in [0.717, 1.165) is 17.0 Å². The fourth-order valence-corrected chi connectivity index (χ4v) is 4.28. The molecule has 172 valence electrons. The van der Waals surface area contributed by atoms with Crippen molar-refractivity contribution in [3.8, 4) is 16.9 Å². The van der Waals surface area contributed by atoms with Crippen molar-refractivity contribution in [2.75, 3.05) is 40.3 Å². The number of nitrogens with zero attached hydrogens (tertiary/aromatic N) is 4. The molecule has 6 nitrogen and oxygen atoms in total. The molecule has 0 N–H and O–H groups in total. The number of urea groups is 1. The number of benzene rings is 2. The van der Waals surface area contributed by atoms with Crippen LogP contribution in [0.2, 0.25) is 5.02 Å². The van der Waals surface area contributed by atoms with Crippen LogP contribution in [0.15, 0.2) is 54.6 Å². The van der Waals surface area contributed by atoms with Gasteiger partial charge in [-0.05, 0) is 48.9 Å². The lowest BCUT2D eigenvalue weighted by molar-refractivity contribution is 0.0649. The van der Waals surface area contributed by atoms with Crippen LogP contribution in [-0.4, -0.2) is 71.5 Å². The van der Waals surface area contributed by atoms with Gasteiger partial charge in [0.2, 0.25) is 0 Å². The Morgan fingerprint density at radius 1 is 0.939 bits per heavy atom. The summed E-state index contributed by atoms with van der Waals surface area (Å²) in [6.07, 6.45) is 0. The van der Waals surface area contributed by atoms with E-state index in [1.165, 1.54) is 12.1 Å². The quantitative estimate of drug-likeness (QED) is 0.560. The van der Waals surface area contributed by atoms with Gasteiger partial charge in [-0.15, -0.1) is 0 Å². The zero-order chi connectivity index (χ0) is 23.7. The van der Waals surface area contributed by atoms with Crippen LogP contribution in [0.1, 0.15) is 16.1 Å². The van der Waals surface area contributed by atoms with E-state index < -0.39 is 0 Å². The number of rotatable bonds is 3. The molecule has 1 aliphatic rings. The third-order valence-corrected chi connectivity index (χ3v) is 6.16. The van der Waals surface area contributed by atoms with Gasteiger partial charge in [-0.1, -0.05) is 29.8 Å². The second kappa shape index (κ2) is 9.27. The molecule has 3 aromatic rings. The number of carbonyl (C=O) groups excluding carboxylic acids is 2. The molecule has 33 heavy (non-hydrogen) atoms. The topological polar surface area (TPSA) is 48.8 Å². The largest absolute Gasteiger partial charge is 0.335 e. The summed E-state index contributed by atoms with van der Waals surface area (Å²) >= 11 is 6.07. The van der Waals surface area contributed by atoms with Crippen molar-refractivity contribution in [1.82, 2.24) is 19.3 Å². The van der Waals surface area contributed by atoms with Gasteiger partial charge in [0, 0.05) is 56.7 Å². The highest BCUT2D eigenvalue weighted by molar-refractivity contribution is 6.30. The first kappa shape index (κ1) is 22.9. The van der Waals surface area contributed by atoms with Crippen molar-refractivity contribution >= 4 is 23.5 Å². The molecule has 4 rings (SSSR count). The van der Waals surface area contributed by atoms with Gasteiger partial charge in [0.15, 0.2) is 0 Å². The maximum Gasteiger partial charge on any atom is 0.319 e. The Morgan fingerprint density at radius 2 is 1.58 bits per heavy atom. The second-order valence-electron chi connectivity index (χ2n) is 8.31. The molecular formula is C25H26ClFN4O2. The summed E-state index contributed by atoms with van der Waals surface area (Å²) in [5.74, 6) is -0.452. The molecule has 8 heteroatoms. The highest BCUT2D eigenvalue weighted by Gasteiger charge is 2.28. The van der Waals surface area contributed by atoms with Crippen LogP contribution < -0.4 is 0 Å². The van der Waals surface area contributed by atoms with Gasteiger partial charge in [0.05, 0.1) is 11.3 Å². The van der Waals surface area contributed by atoms with Crippen LogP contribution in [0.25, 0.3) is 16.9 Å². The number of carbonyl (C=O) groups is 2. The first-order valence-electron chi connectivity index (χ1n) is 10.8. The van der Waals surface area contributed by atoms with Gasteiger partial charge in [0.25, 0.3) is 5.91 Å². The van der Waals surface area contributed by atoms with Gasteiger partial charge in [0.1, 0.15) is 5.82 Å². The Hall–Kier alpha value is -3.32. The zero-order valence-electron chi connectivity index (χ0n) is 18.9. The number of piperazine rings is 1. The van der Waals surface area contributed by atoms with Gasteiger partial charge in [-0.25, -0.2) is 9.18 Å². The molecule has 0 bridgehead atoms. The van der Waals surface area contributed by atoms with Crippen molar-refractivity contribution in [1.29, 1.82) is 0 Å². The minimum Gasteiger partial charge on any atom is -0.335 e. The molecule has 1 fully saturated rings. The molecule has 0 aliphatic carbocycles. The van der Waals surface area contributed by atoms with Crippen molar-refractivity contribution in [3.05, 3.63) is 76.7 Å². The minimum atomic E-state index is -0.350. The molecule has 1 aromatic heterocycles. The van der Waals surface area contributed by atoms with Gasteiger partial charge >= 0.3 is 6.03 Å². The van der Waals surface area contributed by atoms with Crippen molar-refractivity contribution in [3.63, 3.8) is 0 Å². The molecule has 0 unspecified atom stereocenters. The number of hydrogen-bond acceptors (Lipinski definition) is 2. The fraction of sp³-hybridized carbons (Fsp3) is 0.280. The standard InChI is InChI=1S/C25H26ClFN4O2/c1-17-22(24(32)29-11-13-30(14-12-29)25(33)28(2)3)16-23(18-7-9-19(26)10-8-18)31(17)21-6-4-5-20(27)15-21/h4-10,15-16H,11-14H2,1-3H3. The van der Waals surface area contributed by atoms with Crippen molar-refractivity contribution in [2.24, 2.45) is 0 Å². The van der Waals surface area contributed by atoms with E-state index in [-0.39, 0.29) is 17.8 Å². The Morgan fingerprint density at radius 3 is 2.18 bits per heavy atom. The zero-order valence-corrected chi connectivity index (χ0v) is 19.6. The van der Waals surface area contributed by atoms with Gasteiger partial charge < -0.3 is 19.3 Å². The molecule has 0 saturated carbocycles. The average Bonchev–Trinajstić information content (AvgIpc) is 3.15. The van der Waals surface area contributed by atoms with E-state index in [4.69, 9.17) is 11.6 Å². The minimum absolute atomic E-state index is 0.0550.